The summed E-state index contributed by atoms with van der Waals surface area (Å²) in [6.07, 6.45) is 0. The van der Waals surface area contributed by atoms with E-state index in [1.165, 1.54) is 28.8 Å². The molecule has 3 aromatic carbocycles. The summed E-state index contributed by atoms with van der Waals surface area (Å²) in [7, 11) is 0. The molecule has 7 nitrogen and oxygen atoms in total. The number of hydrogen-bond donors (Lipinski definition) is 1. The van der Waals surface area contributed by atoms with Crippen molar-refractivity contribution in [3.63, 3.8) is 0 Å². The Labute approximate surface area is 224 Å². The summed E-state index contributed by atoms with van der Waals surface area (Å²) >= 11 is 1.50. The Morgan fingerprint density at radius 3 is 2.50 bits per heavy atom. The zero-order valence-electron chi connectivity index (χ0n) is 21.1. The Bertz CT molecular complexity index is 1460. The predicted molar refractivity (Wildman–Crippen MR) is 147 cm³/mol. The van der Waals surface area contributed by atoms with Crippen LogP contribution in [0.4, 0.5) is 10.2 Å². The number of halogens is 1. The Morgan fingerprint density at radius 2 is 1.79 bits per heavy atom. The molecule has 0 aliphatic carbocycles. The summed E-state index contributed by atoms with van der Waals surface area (Å²) in [5.74, 6) is -0.439. The van der Waals surface area contributed by atoms with Gasteiger partial charge in [-0.3, -0.25) is 19.3 Å². The van der Waals surface area contributed by atoms with Crippen molar-refractivity contribution in [3.05, 3.63) is 101 Å². The first-order valence-corrected chi connectivity index (χ1v) is 13.3. The number of nitrogens with one attached hydrogen (secondary N) is 1. The molecule has 5 rings (SSSR count). The van der Waals surface area contributed by atoms with Gasteiger partial charge in [-0.05, 0) is 49.2 Å². The normalized spacial score (nSPS) is 15.2. The molecular formula is C29H27FN4O3S. The molecule has 1 aromatic heterocycles. The highest BCUT2D eigenvalue weighted by Gasteiger charge is 2.38. The van der Waals surface area contributed by atoms with Gasteiger partial charge < -0.3 is 0 Å². The van der Waals surface area contributed by atoms with E-state index in [0.717, 1.165) is 22.3 Å². The second-order valence-corrected chi connectivity index (χ2v) is 9.92. The summed E-state index contributed by atoms with van der Waals surface area (Å²) in [5, 5.41) is 4.75. The fourth-order valence-corrected chi connectivity index (χ4v) is 5.84. The van der Waals surface area contributed by atoms with Crippen molar-refractivity contribution in [2.24, 2.45) is 0 Å². The van der Waals surface area contributed by atoms with Crippen LogP contribution in [0.3, 0.4) is 0 Å². The molecule has 0 bridgehead atoms. The first-order valence-electron chi connectivity index (χ1n) is 12.3. The number of aryl methyl sites for hydroxylation is 1. The maximum Gasteiger partial charge on any atom is 0.263 e. The summed E-state index contributed by atoms with van der Waals surface area (Å²) in [4.78, 5) is 33.0. The molecule has 0 saturated carbocycles. The average Bonchev–Trinajstić information content (AvgIpc) is 3.26. The molecule has 1 aliphatic rings. The highest BCUT2D eigenvalue weighted by Crippen LogP contribution is 2.49. The van der Waals surface area contributed by atoms with Crippen molar-refractivity contribution in [2.45, 2.75) is 19.1 Å². The number of benzene rings is 3. The van der Waals surface area contributed by atoms with Gasteiger partial charge in [-0.15, -0.1) is 11.8 Å². The quantitative estimate of drug-likeness (QED) is 0.332. The third kappa shape index (κ3) is 5.07. The van der Waals surface area contributed by atoms with E-state index in [9.17, 15) is 14.0 Å². The molecule has 2 heterocycles. The molecule has 0 spiro atoms. The van der Waals surface area contributed by atoms with Crippen molar-refractivity contribution < 1.29 is 18.8 Å². The Morgan fingerprint density at radius 1 is 1.08 bits per heavy atom. The first kappa shape index (κ1) is 25.7. The van der Waals surface area contributed by atoms with Crippen molar-refractivity contribution in [2.75, 3.05) is 23.8 Å². The van der Waals surface area contributed by atoms with Crippen LogP contribution in [0.1, 0.15) is 28.9 Å². The lowest BCUT2D eigenvalue weighted by Gasteiger charge is -2.23. The van der Waals surface area contributed by atoms with E-state index in [0.29, 0.717) is 23.8 Å². The fourth-order valence-electron chi connectivity index (χ4n) is 4.55. The SMILES string of the molecule is CCONC(=O)CN1C(=O)CSC(c2ccccc2C)c2c(-c3ccccc3)nn(-c3ccc(F)cc3)c21. The van der Waals surface area contributed by atoms with E-state index < -0.39 is 5.91 Å². The van der Waals surface area contributed by atoms with Crippen LogP contribution in [-0.4, -0.2) is 40.5 Å². The van der Waals surface area contributed by atoms with Gasteiger partial charge in [-0.2, -0.15) is 5.10 Å². The van der Waals surface area contributed by atoms with E-state index in [1.54, 1.807) is 23.7 Å². The third-order valence-corrected chi connectivity index (χ3v) is 7.55. The van der Waals surface area contributed by atoms with Gasteiger partial charge in [0.05, 0.1) is 29.0 Å². The van der Waals surface area contributed by atoms with Gasteiger partial charge in [0, 0.05) is 11.1 Å². The lowest BCUT2D eigenvalue weighted by Crippen LogP contribution is -2.42. The Hall–Kier alpha value is -3.95. The standard InChI is InChI=1S/C29H27FN4O3S/c1-3-37-32-24(35)17-33-25(36)18-38-28(23-12-8-7-9-19(23)2)26-27(20-10-5-4-6-11-20)31-34(29(26)33)22-15-13-21(30)14-16-22/h4-16,28H,3,17-18H2,1-2H3,(H,32,35). The van der Waals surface area contributed by atoms with Crippen LogP contribution < -0.4 is 10.4 Å². The predicted octanol–water partition coefficient (Wildman–Crippen LogP) is 5.22. The fraction of sp³-hybridized carbons (Fsp3) is 0.207. The number of carbonyl (C=O) groups is 2. The van der Waals surface area contributed by atoms with Gasteiger partial charge in [-0.1, -0.05) is 54.6 Å². The topological polar surface area (TPSA) is 76.5 Å². The zero-order valence-corrected chi connectivity index (χ0v) is 21.9. The lowest BCUT2D eigenvalue weighted by molar-refractivity contribution is -0.132. The summed E-state index contributed by atoms with van der Waals surface area (Å²) in [6, 6.07) is 23.7. The van der Waals surface area contributed by atoms with E-state index in [1.807, 2.05) is 55.5 Å². The van der Waals surface area contributed by atoms with Crippen LogP contribution in [0.15, 0.2) is 78.9 Å². The highest BCUT2D eigenvalue weighted by atomic mass is 32.2. The van der Waals surface area contributed by atoms with Gasteiger partial charge in [-0.25, -0.2) is 14.6 Å². The van der Waals surface area contributed by atoms with Crippen LogP contribution in [0.25, 0.3) is 16.9 Å². The van der Waals surface area contributed by atoms with E-state index in [2.05, 4.69) is 11.5 Å². The smallest absolute Gasteiger partial charge is 0.263 e. The van der Waals surface area contributed by atoms with E-state index in [4.69, 9.17) is 9.94 Å². The molecule has 1 atom stereocenters. The van der Waals surface area contributed by atoms with Crippen LogP contribution in [-0.2, 0) is 14.4 Å². The number of anilines is 1. The second-order valence-electron chi connectivity index (χ2n) is 8.83. The molecule has 1 aliphatic heterocycles. The van der Waals surface area contributed by atoms with Gasteiger partial charge in [0.1, 0.15) is 18.2 Å². The molecule has 194 valence electrons. The third-order valence-electron chi connectivity index (χ3n) is 6.31. The molecule has 1 N–H and O–H groups in total. The lowest BCUT2D eigenvalue weighted by atomic mass is 9.97. The van der Waals surface area contributed by atoms with Crippen LogP contribution in [0.5, 0.6) is 0 Å². The van der Waals surface area contributed by atoms with Gasteiger partial charge in [0.25, 0.3) is 5.91 Å². The van der Waals surface area contributed by atoms with Crippen LogP contribution in [0.2, 0.25) is 0 Å². The molecule has 4 aromatic rings. The number of thioether (sulfide) groups is 1. The van der Waals surface area contributed by atoms with Gasteiger partial charge in [0.15, 0.2) is 0 Å². The average molecular weight is 531 g/mol. The highest BCUT2D eigenvalue weighted by molar-refractivity contribution is 8.00. The molecule has 38 heavy (non-hydrogen) atoms. The minimum atomic E-state index is -0.460. The second kappa shape index (κ2) is 11.2. The first-order chi connectivity index (χ1) is 18.5. The minimum Gasteiger partial charge on any atom is -0.286 e. The molecule has 9 heteroatoms. The van der Waals surface area contributed by atoms with Gasteiger partial charge in [0.2, 0.25) is 5.91 Å². The number of aromatic nitrogens is 2. The summed E-state index contributed by atoms with van der Waals surface area (Å²) < 4.78 is 15.5. The Balaban J connectivity index is 1.79. The number of amides is 2. The molecule has 0 radical (unpaired) electrons. The molecular weight excluding hydrogens is 503 g/mol. The molecule has 0 saturated heterocycles. The van der Waals surface area contributed by atoms with E-state index >= 15 is 0 Å². The zero-order chi connectivity index (χ0) is 26.6. The maximum absolute atomic E-state index is 13.9. The number of rotatable bonds is 7. The van der Waals surface area contributed by atoms with Crippen molar-refractivity contribution in [1.29, 1.82) is 0 Å². The van der Waals surface area contributed by atoms with Crippen molar-refractivity contribution >= 4 is 29.4 Å². The maximum atomic E-state index is 13.9. The molecule has 0 fully saturated rings. The summed E-state index contributed by atoms with van der Waals surface area (Å²) in [6.45, 7) is 3.84. The van der Waals surface area contributed by atoms with Gasteiger partial charge >= 0.3 is 0 Å². The number of nitrogens with zero attached hydrogens (tertiary/aromatic N) is 3. The number of carbonyl (C=O) groups excluding carboxylic acids is 2. The molecule has 2 amide bonds. The largest absolute Gasteiger partial charge is 0.286 e. The van der Waals surface area contributed by atoms with Crippen molar-refractivity contribution in [1.82, 2.24) is 15.3 Å². The minimum absolute atomic E-state index is 0.160. The van der Waals surface area contributed by atoms with E-state index in [-0.39, 0.29) is 29.3 Å². The van der Waals surface area contributed by atoms with Crippen molar-refractivity contribution in [3.8, 4) is 16.9 Å². The monoisotopic (exact) mass is 530 g/mol. The van der Waals surface area contributed by atoms with Crippen LogP contribution >= 0.6 is 11.8 Å². The number of hydrogen-bond acceptors (Lipinski definition) is 5. The Kier molecular flexibility index (Phi) is 7.57. The number of fused-ring (bicyclic) bond motifs is 1. The summed E-state index contributed by atoms with van der Waals surface area (Å²) in [5.41, 5.74) is 7.48. The molecule has 1 unspecified atom stereocenters. The number of hydroxylamine groups is 1. The van der Waals surface area contributed by atoms with Crippen LogP contribution in [0, 0.1) is 12.7 Å².